The van der Waals surface area contributed by atoms with E-state index in [1.807, 2.05) is 29.7 Å². The first-order valence-electron chi connectivity index (χ1n) is 5.88. The highest BCUT2D eigenvalue weighted by molar-refractivity contribution is 7.11. The highest BCUT2D eigenvalue weighted by atomic mass is 32.1. The molecule has 0 aliphatic heterocycles. The van der Waals surface area contributed by atoms with E-state index in [0.717, 1.165) is 19.5 Å². The van der Waals surface area contributed by atoms with Gasteiger partial charge in [0.1, 0.15) is 0 Å². The third-order valence-corrected chi connectivity index (χ3v) is 3.68. The minimum atomic E-state index is 1.02. The minimum Gasteiger partial charge on any atom is -0.301 e. The summed E-state index contributed by atoms with van der Waals surface area (Å²) in [5.41, 5.74) is 1.17. The molecule has 17 heavy (non-hydrogen) atoms. The van der Waals surface area contributed by atoms with E-state index in [0.29, 0.717) is 0 Å². The fourth-order valence-electron chi connectivity index (χ4n) is 1.77. The summed E-state index contributed by atoms with van der Waals surface area (Å²) in [6.45, 7) is 4.24. The molecular formula is C14H18N2S. The number of likely N-dealkylation sites (N-methyl/N-ethyl adjacent to an activating group) is 1. The molecule has 0 amide bonds. The van der Waals surface area contributed by atoms with Crippen molar-refractivity contribution < 1.29 is 0 Å². The van der Waals surface area contributed by atoms with Crippen LogP contribution in [-0.2, 0) is 13.0 Å². The molecular weight excluding hydrogens is 228 g/mol. The van der Waals surface area contributed by atoms with E-state index >= 15 is 0 Å². The van der Waals surface area contributed by atoms with Gasteiger partial charge in [0, 0.05) is 41.2 Å². The lowest BCUT2D eigenvalue weighted by molar-refractivity contribution is 0.333. The first-order valence-corrected chi connectivity index (χ1v) is 6.69. The Morgan fingerprint density at radius 3 is 2.76 bits per heavy atom. The Kier molecular flexibility index (Phi) is 4.29. The Morgan fingerprint density at radius 1 is 1.24 bits per heavy atom. The Balaban J connectivity index is 1.80. The largest absolute Gasteiger partial charge is 0.301 e. The van der Waals surface area contributed by atoms with Gasteiger partial charge >= 0.3 is 0 Å². The van der Waals surface area contributed by atoms with Gasteiger partial charge in [-0.25, -0.2) is 0 Å². The van der Waals surface area contributed by atoms with Gasteiger partial charge in [-0.1, -0.05) is 6.07 Å². The normalized spacial score (nSPS) is 11.0. The first-order chi connectivity index (χ1) is 8.24. The van der Waals surface area contributed by atoms with Crippen LogP contribution in [0.3, 0.4) is 0 Å². The molecule has 0 saturated heterocycles. The molecule has 3 heteroatoms. The molecule has 0 aliphatic carbocycles. The molecule has 2 aromatic rings. The third-order valence-electron chi connectivity index (χ3n) is 2.70. The van der Waals surface area contributed by atoms with Gasteiger partial charge in [0.25, 0.3) is 0 Å². The van der Waals surface area contributed by atoms with Crippen LogP contribution in [0.5, 0.6) is 0 Å². The van der Waals surface area contributed by atoms with Crippen molar-refractivity contribution in [1.29, 1.82) is 0 Å². The van der Waals surface area contributed by atoms with Crippen LogP contribution in [-0.4, -0.2) is 23.5 Å². The second-order valence-corrected chi connectivity index (χ2v) is 5.69. The number of thiophene rings is 1. The van der Waals surface area contributed by atoms with Crippen molar-refractivity contribution in [1.82, 2.24) is 9.88 Å². The Morgan fingerprint density at radius 2 is 2.12 bits per heavy atom. The Bertz CT molecular complexity index is 450. The molecule has 0 spiro atoms. The Hall–Kier alpha value is -1.19. The number of nitrogens with zero attached hydrogens (tertiary/aromatic N) is 2. The summed E-state index contributed by atoms with van der Waals surface area (Å²) >= 11 is 1.88. The summed E-state index contributed by atoms with van der Waals surface area (Å²) in [6, 6.07) is 10.5. The van der Waals surface area contributed by atoms with Gasteiger partial charge in [-0.3, -0.25) is 4.98 Å². The van der Waals surface area contributed by atoms with Gasteiger partial charge < -0.3 is 4.90 Å². The molecule has 0 atom stereocenters. The number of pyridine rings is 1. The summed E-state index contributed by atoms with van der Waals surface area (Å²) < 4.78 is 0. The monoisotopic (exact) mass is 246 g/mol. The quantitative estimate of drug-likeness (QED) is 0.806. The van der Waals surface area contributed by atoms with E-state index in [9.17, 15) is 0 Å². The maximum atomic E-state index is 4.34. The fourth-order valence-corrected chi connectivity index (χ4v) is 2.74. The molecule has 2 heterocycles. The number of aryl methyl sites for hydroxylation is 1. The van der Waals surface area contributed by atoms with Crippen molar-refractivity contribution in [2.75, 3.05) is 13.6 Å². The topological polar surface area (TPSA) is 16.1 Å². The summed E-state index contributed by atoms with van der Waals surface area (Å²) in [6.07, 6.45) is 2.87. The Labute approximate surface area is 107 Å². The molecule has 0 bridgehead atoms. The molecule has 90 valence electrons. The van der Waals surface area contributed by atoms with Crippen LogP contribution in [0, 0.1) is 6.92 Å². The molecule has 0 unspecified atom stereocenters. The zero-order valence-corrected chi connectivity index (χ0v) is 11.2. The van der Waals surface area contributed by atoms with Gasteiger partial charge in [0.15, 0.2) is 0 Å². The molecule has 0 fully saturated rings. The predicted molar refractivity (Wildman–Crippen MR) is 73.3 cm³/mol. The van der Waals surface area contributed by atoms with E-state index < -0.39 is 0 Å². The maximum Gasteiger partial charge on any atom is 0.0416 e. The number of aromatic nitrogens is 1. The van der Waals surface area contributed by atoms with E-state index in [2.05, 4.69) is 42.1 Å². The van der Waals surface area contributed by atoms with Gasteiger partial charge in [-0.05, 0) is 38.2 Å². The van der Waals surface area contributed by atoms with Crippen molar-refractivity contribution in [3.8, 4) is 0 Å². The smallest absolute Gasteiger partial charge is 0.0416 e. The van der Waals surface area contributed by atoms with Gasteiger partial charge in [-0.2, -0.15) is 0 Å². The summed E-state index contributed by atoms with van der Waals surface area (Å²) in [7, 11) is 2.16. The van der Waals surface area contributed by atoms with Crippen molar-refractivity contribution >= 4 is 11.3 Å². The summed E-state index contributed by atoms with van der Waals surface area (Å²) in [4.78, 5) is 9.51. The number of hydrogen-bond acceptors (Lipinski definition) is 3. The van der Waals surface area contributed by atoms with Crippen LogP contribution < -0.4 is 0 Å². The van der Waals surface area contributed by atoms with Crippen molar-refractivity contribution in [2.45, 2.75) is 19.9 Å². The highest BCUT2D eigenvalue weighted by Crippen LogP contribution is 2.16. The predicted octanol–water partition coefficient (Wildman–Crippen LogP) is 3.13. The van der Waals surface area contributed by atoms with Crippen LogP contribution in [0.4, 0.5) is 0 Å². The van der Waals surface area contributed by atoms with Gasteiger partial charge in [-0.15, -0.1) is 11.3 Å². The summed E-state index contributed by atoms with van der Waals surface area (Å²) in [5.74, 6) is 0. The molecule has 2 rings (SSSR count). The van der Waals surface area contributed by atoms with E-state index in [4.69, 9.17) is 0 Å². The van der Waals surface area contributed by atoms with Gasteiger partial charge in [0.05, 0.1) is 0 Å². The SMILES string of the molecule is Cc1ccc(CN(C)CCc2ccccn2)s1. The molecule has 2 nitrogen and oxygen atoms in total. The van der Waals surface area contributed by atoms with E-state index in [1.165, 1.54) is 15.4 Å². The zero-order valence-electron chi connectivity index (χ0n) is 10.4. The van der Waals surface area contributed by atoms with Gasteiger partial charge in [0.2, 0.25) is 0 Å². The standard InChI is InChI=1S/C14H18N2S/c1-12-6-7-14(17-12)11-16(2)10-8-13-5-3-4-9-15-13/h3-7,9H,8,10-11H2,1-2H3. The first kappa shape index (κ1) is 12.3. The molecule has 0 radical (unpaired) electrons. The van der Waals surface area contributed by atoms with Crippen molar-refractivity contribution in [2.24, 2.45) is 0 Å². The zero-order chi connectivity index (χ0) is 12.1. The second kappa shape index (κ2) is 5.94. The molecule has 0 aliphatic rings. The molecule has 2 aromatic heterocycles. The van der Waals surface area contributed by atoms with Crippen LogP contribution in [0.15, 0.2) is 36.5 Å². The average molecular weight is 246 g/mol. The summed E-state index contributed by atoms with van der Waals surface area (Å²) in [5, 5.41) is 0. The third kappa shape index (κ3) is 3.95. The minimum absolute atomic E-state index is 1.02. The molecule has 0 N–H and O–H groups in total. The van der Waals surface area contributed by atoms with Crippen molar-refractivity contribution in [3.63, 3.8) is 0 Å². The fraction of sp³-hybridized carbons (Fsp3) is 0.357. The van der Waals surface area contributed by atoms with E-state index in [-0.39, 0.29) is 0 Å². The van der Waals surface area contributed by atoms with Crippen LogP contribution >= 0.6 is 11.3 Å². The highest BCUT2D eigenvalue weighted by Gasteiger charge is 2.03. The lowest BCUT2D eigenvalue weighted by Crippen LogP contribution is -2.20. The van der Waals surface area contributed by atoms with Crippen LogP contribution in [0.25, 0.3) is 0 Å². The van der Waals surface area contributed by atoms with Crippen molar-refractivity contribution in [3.05, 3.63) is 52.0 Å². The van der Waals surface area contributed by atoms with E-state index in [1.54, 1.807) is 0 Å². The average Bonchev–Trinajstić information content (AvgIpc) is 2.73. The molecule has 0 aromatic carbocycles. The molecule has 0 saturated carbocycles. The number of hydrogen-bond donors (Lipinski definition) is 0. The lowest BCUT2D eigenvalue weighted by Gasteiger charge is -2.14. The van der Waals surface area contributed by atoms with Crippen LogP contribution in [0.1, 0.15) is 15.4 Å². The number of rotatable bonds is 5. The maximum absolute atomic E-state index is 4.34. The van der Waals surface area contributed by atoms with Crippen LogP contribution in [0.2, 0.25) is 0 Å². The second-order valence-electron chi connectivity index (χ2n) is 4.32. The lowest BCUT2D eigenvalue weighted by atomic mass is 10.2.